The Hall–Kier alpha value is -1.40. The van der Waals surface area contributed by atoms with Gasteiger partial charge in [0.25, 0.3) is 0 Å². The second-order valence-electron chi connectivity index (χ2n) is 4.23. The normalized spacial score (nSPS) is 20.4. The average molecular weight is 267 g/mol. The summed E-state index contributed by atoms with van der Waals surface area (Å²) >= 11 is 1.55. The number of aliphatic hydroxyl groups is 1. The molecule has 1 unspecified atom stereocenters. The highest BCUT2D eigenvalue weighted by Crippen LogP contribution is 2.31. The van der Waals surface area contributed by atoms with Gasteiger partial charge < -0.3 is 20.9 Å². The van der Waals surface area contributed by atoms with Crippen molar-refractivity contribution in [1.82, 2.24) is 0 Å². The zero-order valence-electron chi connectivity index (χ0n) is 10.2. The van der Waals surface area contributed by atoms with Crippen LogP contribution in [-0.2, 0) is 0 Å². The monoisotopic (exact) mass is 267 g/mol. The van der Waals surface area contributed by atoms with Gasteiger partial charge in [-0.2, -0.15) is 0 Å². The van der Waals surface area contributed by atoms with Crippen molar-refractivity contribution in [3.8, 4) is 0 Å². The molecule has 2 rings (SSSR count). The van der Waals surface area contributed by atoms with Gasteiger partial charge in [-0.15, -0.1) is 11.8 Å². The molecule has 1 atom stereocenters. The molecule has 0 radical (unpaired) electrons. The number of oxime groups is 1. The standard InChI is InChI=1S/C12H17N3O2S/c1-18-10-4-2-3-9(11(10)12(13)14-17)15-6-5-8(16)7-15/h2-4,8,16-17H,5-7H2,1H3,(H2,13,14). The van der Waals surface area contributed by atoms with Gasteiger partial charge in [0, 0.05) is 23.7 Å². The summed E-state index contributed by atoms with van der Waals surface area (Å²) in [5.74, 6) is 0.108. The Morgan fingerprint density at radius 1 is 1.56 bits per heavy atom. The number of nitrogens with zero attached hydrogens (tertiary/aromatic N) is 2. The van der Waals surface area contributed by atoms with Gasteiger partial charge in [-0.05, 0) is 24.8 Å². The molecule has 1 fully saturated rings. The van der Waals surface area contributed by atoms with Crippen molar-refractivity contribution in [3.63, 3.8) is 0 Å². The quantitative estimate of drug-likeness (QED) is 0.251. The molecular weight excluding hydrogens is 250 g/mol. The molecule has 1 aliphatic heterocycles. The molecule has 0 spiro atoms. The van der Waals surface area contributed by atoms with Gasteiger partial charge in [0.15, 0.2) is 5.84 Å². The van der Waals surface area contributed by atoms with Crippen molar-refractivity contribution < 1.29 is 10.3 Å². The first-order chi connectivity index (χ1) is 8.67. The number of benzene rings is 1. The van der Waals surface area contributed by atoms with E-state index in [0.717, 1.165) is 29.1 Å². The molecular formula is C12H17N3O2S. The Bertz CT molecular complexity index is 465. The van der Waals surface area contributed by atoms with Crippen LogP contribution in [0.15, 0.2) is 28.3 Å². The lowest BCUT2D eigenvalue weighted by Crippen LogP contribution is -2.26. The van der Waals surface area contributed by atoms with E-state index >= 15 is 0 Å². The smallest absolute Gasteiger partial charge is 0.173 e. The number of hydrogen-bond acceptors (Lipinski definition) is 5. The van der Waals surface area contributed by atoms with Crippen molar-refractivity contribution in [1.29, 1.82) is 0 Å². The van der Waals surface area contributed by atoms with Crippen LogP contribution in [0.4, 0.5) is 5.69 Å². The molecule has 1 saturated heterocycles. The van der Waals surface area contributed by atoms with Crippen molar-refractivity contribution in [2.24, 2.45) is 10.9 Å². The number of hydrogen-bond donors (Lipinski definition) is 3. The molecule has 0 saturated carbocycles. The number of rotatable bonds is 3. The number of anilines is 1. The zero-order valence-corrected chi connectivity index (χ0v) is 11.0. The second-order valence-corrected chi connectivity index (χ2v) is 5.08. The number of aliphatic hydroxyl groups excluding tert-OH is 1. The topological polar surface area (TPSA) is 82.1 Å². The number of β-amino-alcohol motifs (C(OH)–C–C–N with tert-alkyl or cyclic N) is 1. The Kier molecular flexibility index (Phi) is 3.98. The highest BCUT2D eigenvalue weighted by Gasteiger charge is 2.24. The van der Waals surface area contributed by atoms with Crippen LogP contribution in [0.2, 0.25) is 0 Å². The summed E-state index contributed by atoms with van der Waals surface area (Å²) in [5.41, 5.74) is 7.42. The van der Waals surface area contributed by atoms with E-state index in [1.807, 2.05) is 24.5 Å². The van der Waals surface area contributed by atoms with E-state index in [9.17, 15) is 5.11 Å². The minimum atomic E-state index is -0.303. The summed E-state index contributed by atoms with van der Waals surface area (Å²) in [5, 5.41) is 21.6. The lowest BCUT2D eigenvalue weighted by atomic mass is 10.1. The van der Waals surface area contributed by atoms with Crippen LogP contribution in [-0.4, -0.2) is 41.6 Å². The average Bonchev–Trinajstić information content (AvgIpc) is 2.83. The molecule has 1 heterocycles. The summed E-state index contributed by atoms with van der Waals surface area (Å²) in [7, 11) is 0. The lowest BCUT2D eigenvalue weighted by Gasteiger charge is -2.22. The SMILES string of the molecule is CSc1cccc(N2CCC(O)C2)c1/C(N)=N/O. The van der Waals surface area contributed by atoms with E-state index in [1.165, 1.54) is 0 Å². The first-order valence-corrected chi connectivity index (χ1v) is 6.97. The molecule has 1 aliphatic rings. The third kappa shape index (κ3) is 2.39. The summed E-state index contributed by atoms with van der Waals surface area (Å²) in [6, 6.07) is 5.82. The maximum atomic E-state index is 9.62. The number of amidine groups is 1. The van der Waals surface area contributed by atoms with Gasteiger partial charge in [0.2, 0.25) is 0 Å². The number of thioether (sulfide) groups is 1. The van der Waals surface area contributed by atoms with Crippen LogP contribution in [0.1, 0.15) is 12.0 Å². The molecule has 1 aromatic carbocycles. The maximum Gasteiger partial charge on any atom is 0.173 e. The second kappa shape index (κ2) is 5.49. The van der Waals surface area contributed by atoms with Gasteiger partial charge in [-0.3, -0.25) is 0 Å². The Balaban J connectivity index is 2.46. The van der Waals surface area contributed by atoms with Crippen LogP contribution in [0.3, 0.4) is 0 Å². The molecule has 98 valence electrons. The van der Waals surface area contributed by atoms with E-state index in [0.29, 0.717) is 6.54 Å². The van der Waals surface area contributed by atoms with Crippen LogP contribution in [0.5, 0.6) is 0 Å². The predicted molar refractivity (Wildman–Crippen MR) is 73.6 cm³/mol. The molecule has 0 aromatic heterocycles. The fourth-order valence-corrected chi connectivity index (χ4v) is 2.85. The fourth-order valence-electron chi connectivity index (χ4n) is 2.22. The minimum Gasteiger partial charge on any atom is -0.409 e. The van der Waals surface area contributed by atoms with Gasteiger partial charge in [0.1, 0.15) is 0 Å². The van der Waals surface area contributed by atoms with Crippen LogP contribution in [0, 0.1) is 0 Å². The highest BCUT2D eigenvalue weighted by molar-refractivity contribution is 7.98. The third-order valence-corrected chi connectivity index (χ3v) is 3.87. The molecule has 6 heteroatoms. The molecule has 0 bridgehead atoms. The molecule has 0 amide bonds. The Labute approximate surface area is 110 Å². The molecule has 5 nitrogen and oxygen atoms in total. The lowest BCUT2D eigenvalue weighted by molar-refractivity contribution is 0.198. The largest absolute Gasteiger partial charge is 0.409 e. The first-order valence-electron chi connectivity index (χ1n) is 5.75. The summed E-state index contributed by atoms with van der Waals surface area (Å²) in [4.78, 5) is 3.03. The summed E-state index contributed by atoms with van der Waals surface area (Å²) < 4.78 is 0. The van der Waals surface area contributed by atoms with Gasteiger partial charge in [-0.25, -0.2) is 0 Å². The van der Waals surface area contributed by atoms with E-state index in [4.69, 9.17) is 10.9 Å². The van der Waals surface area contributed by atoms with E-state index < -0.39 is 0 Å². The van der Waals surface area contributed by atoms with Gasteiger partial charge in [0.05, 0.1) is 11.7 Å². The predicted octanol–water partition coefficient (Wildman–Crippen LogP) is 1.07. The third-order valence-electron chi connectivity index (χ3n) is 3.09. The molecule has 1 aromatic rings. The molecule has 18 heavy (non-hydrogen) atoms. The highest BCUT2D eigenvalue weighted by atomic mass is 32.2. The molecule has 4 N–H and O–H groups in total. The fraction of sp³-hybridized carbons (Fsp3) is 0.417. The summed E-state index contributed by atoms with van der Waals surface area (Å²) in [6.45, 7) is 1.37. The van der Waals surface area contributed by atoms with E-state index in [1.54, 1.807) is 11.8 Å². The molecule has 0 aliphatic carbocycles. The summed E-state index contributed by atoms with van der Waals surface area (Å²) in [6.07, 6.45) is 2.40. The van der Waals surface area contributed by atoms with E-state index in [-0.39, 0.29) is 11.9 Å². The van der Waals surface area contributed by atoms with Crippen molar-refractivity contribution in [2.75, 3.05) is 24.2 Å². The minimum absolute atomic E-state index is 0.108. The zero-order chi connectivity index (χ0) is 13.1. The Morgan fingerprint density at radius 3 is 2.89 bits per heavy atom. The van der Waals surface area contributed by atoms with Gasteiger partial charge >= 0.3 is 0 Å². The van der Waals surface area contributed by atoms with Crippen molar-refractivity contribution in [2.45, 2.75) is 17.4 Å². The van der Waals surface area contributed by atoms with Crippen LogP contribution >= 0.6 is 11.8 Å². The van der Waals surface area contributed by atoms with Crippen LogP contribution < -0.4 is 10.6 Å². The Morgan fingerprint density at radius 2 is 2.33 bits per heavy atom. The van der Waals surface area contributed by atoms with Gasteiger partial charge in [-0.1, -0.05) is 11.2 Å². The maximum absolute atomic E-state index is 9.62. The first kappa shape index (κ1) is 13.0. The number of nitrogens with two attached hydrogens (primary N) is 1. The van der Waals surface area contributed by atoms with Crippen LogP contribution in [0.25, 0.3) is 0 Å². The van der Waals surface area contributed by atoms with Crippen molar-refractivity contribution in [3.05, 3.63) is 23.8 Å². The van der Waals surface area contributed by atoms with E-state index in [2.05, 4.69) is 10.1 Å². The van der Waals surface area contributed by atoms with Crippen molar-refractivity contribution >= 4 is 23.3 Å².